The molecule has 25 heavy (non-hydrogen) atoms. The Labute approximate surface area is 150 Å². The first-order chi connectivity index (χ1) is 11.7. The number of fused-ring (bicyclic) bond motifs is 1. The molecule has 3 N–H and O–H groups in total. The van der Waals surface area contributed by atoms with Gasteiger partial charge in [0.1, 0.15) is 17.5 Å². The molecular formula is C17H17ClFN5O. The quantitative estimate of drug-likeness (QED) is 0.654. The molecule has 0 spiro atoms. The van der Waals surface area contributed by atoms with Crippen LogP contribution in [0.15, 0.2) is 48.8 Å². The summed E-state index contributed by atoms with van der Waals surface area (Å²) < 4.78 is 13.3. The van der Waals surface area contributed by atoms with Gasteiger partial charge in [-0.05, 0) is 30.5 Å². The van der Waals surface area contributed by atoms with E-state index in [4.69, 9.17) is 0 Å². The van der Waals surface area contributed by atoms with E-state index in [9.17, 15) is 9.18 Å². The third-order valence-electron chi connectivity index (χ3n) is 3.33. The number of anilines is 3. The van der Waals surface area contributed by atoms with Crippen molar-refractivity contribution in [2.24, 2.45) is 0 Å². The van der Waals surface area contributed by atoms with Gasteiger partial charge in [0.15, 0.2) is 0 Å². The maximum Gasteiger partial charge on any atom is 0.320 e. The van der Waals surface area contributed by atoms with Crippen molar-refractivity contribution < 1.29 is 9.18 Å². The van der Waals surface area contributed by atoms with Crippen molar-refractivity contribution in [2.45, 2.75) is 6.92 Å². The van der Waals surface area contributed by atoms with Gasteiger partial charge in [0.05, 0.1) is 0 Å². The molecule has 2 aromatic heterocycles. The molecule has 0 aliphatic heterocycles. The number of nitrogens with one attached hydrogen (secondary N) is 3. The molecule has 2 amide bonds. The minimum absolute atomic E-state index is 0. The van der Waals surface area contributed by atoms with E-state index in [1.54, 1.807) is 12.3 Å². The zero-order valence-corrected chi connectivity index (χ0v) is 14.2. The van der Waals surface area contributed by atoms with Crippen LogP contribution >= 0.6 is 12.4 Å². The van der Waals surface area contributed by atoms with Crippen LogP contribution in [-0.2, 0) is 0 Å². The Bertz CT molecular complexity index is 890. The lowest BCUT2D eigenvalue weighted by atomic mass is 10.1. The number of urea groups is 1. The average molecular weight is 362 g/mol. The minimum atomic E-state index is -0.362. The van der Waals surface area contributed by atoms with Gasteiger partial charge in [-0.1, -0.05) is 12.1 Å². The first-order valence-corrected chi connectivity index (χ1v) is 7.48. The van der Waals surface area contributed by atoms with Crippen LogP contribution in [0.1, 0.15) is 6.92 Å². The number of carbonyl (C=O) groups excluding carboxylic acids is 1. The summed E-state index contributed by atoms with van der Waals surface area (Å²) in [5, 5.41) is 10.1. The molecule has 2 heterocycles. The number of nitrogens with zero attached hydrogens (tertiary/aromatic N) is 2. The van der Waals surface area contributed by atoms with Gasteiger partial charge in [0.25, 0.3) is 0 Å². The van der Waals surface area contributed by atoms with Gasteiger partial charge in [-0.25, -0.2) is 19.2 Å². The maximum absolute atomic E-state index is 13.3. The van der Waals surface area contributed by atoms with Crippen molar-refractivity contribution in [2.75, 3.05) is 17.2 Å². The van der Waals surface area contributed by atoms with E-state index in [0.717, 1.165) is 16.5 Å². The van der Waals surface area contributed by atoms with Crippen molar-refractivity contribution in [1.82, 2.24) is 15.3 Å². The number of aromatic nitrogens is 2. The number of benzene rings is 1. The molecule has 0 aliphatic carbocycles. The molecule has 0 atom stereocenters. The zero-order valence-electron chi connectivity index (χ0n) is 13.4. The van der Waals surface area contributed by atoms with Crippen LogP contribution in [0.5, 0.6) is 0 Å². The predicted octanol–water partition coefficient (Wildman–Crippen LogP) is 4.08. The summed E-state index contributed by atoms with van der Waals surface area (Å²) in [5.74, 6) is 0.501. The fraction of sp³-hybridized carbons (Fsp3) is 0.118. The van der Waals surface area contributed by atoms with E-state index >= 15 is 0 Å². The molecule has 1 aromatic carbocycles. The lowest BCUT2D eigenvalue weighted by molar-refractivity contribution is 0.252. The highest BCUT2D eigenvalue weighted by Crippen LogP contribution is 2.26. The van der Waals surface area contributed by atoms with Gasteiger partial charge in [-0.2, -0.15) is 0 Å². The van der Waals surface area contributed by atoms with E-state index in [0.29, 0.717) is 18.2 Å². The third-order valence-corrected chi connectivity index (χ3v) is 3.33. The third kappa shape index (κ3) is 4.54. The van der Waals surface area contributed by atoms with E-state index < -0.39 is 0 Å². The van der Waals surface area contributed by atoms with Crippen LogP contribution in [-0.4, -0.2) is 22.5 Å². The van der Waals surface area contributed by atoms with Gasteiger partial charge in [0, 0.05) is 36.1 Å². The average Bonchev–Trinajstić information content (AvgIpc) is 2.55. The summed E-state index contributed by atoms with van der Waals surface area (Å²) in [6.45, 7) is 2.37. The highest BCUT2D eigenvalue weighted by Gasteiger charge is 2.06. The maximum atomic E-state index is 13.3. The smallest absolute Gasteiger partial charge is 0.320 e. The highest BCUT2D eigenvalue weighted by molar-refractivity contribution is 5.97. The summed E-state index contributed by atoms with van der Waals surface area (Å²) in [7, 11) is 0. The van der Waals surface area contributed by atoms with Gasteiger partial charge in [-0.15, -0.1) is 12.4 Å². The first kappa shape index (κ1) is 18.4. The van der Waals surface area contributed by atoms with E-state index in [1.807, 2.05) is 25.1 Å². The molecule has 0 saturated heterocycles. The standard InChI is InChI=1S/C17H16FN5O.ClH/c1-2-19-17(24)23-15-8-11-4-3-5-14(13(11)10-21-15)22-16-9-12(18)6-7-20-16;/h3-10H,2H2,1H3,(H,20,22)(H2,19,21,23,24);1H. The van der Waals surface area contributed by atoms with E-state index in [1.165, 1.54) is 18.3 Å². The van der Waals surface area contributed by atoms with Crippen molar-refractivity contribution in [1.29, 1.82) is 0 Å². The second kappa shape index (κ2) is 8.25. The predicted molar refractivity (Wildman–Crippen MR) is 99.2 cm³/mol. The Hall–Kier alpha value is -2.93. The second-order valence-electron chi connectivity index (χ2n) is 5.07. The Morgan fingerprint density at radius 3 is 2.76 bits per heavy atom. The fourth-order valence-corrected chi connectivity index (χ4v) is 2.28. The minimum Gasteiger partial charge on any atom is -0.340 e. The first-order valence-electron chi connectivity index (χ1n) is 7.48. The van der Waals surface area contributed by atoms with Gasteiger partial charge < -0.3 is 10.6 Å². The fourth-order valence-electron chi connectivity index (χ4n) is 2.28. The number of carbonyl (C=O) groups is 1. The van der Waals surface area contributed by atoms with E-state index in [-0.39, 0.29) is 24.3 Å². The van der Waals surface area contributed by atoms with Crippen molar-refractivity contribution in [3.05, 3.63) is 54.6 Å². The molecule has 0 radical (unpaired) electrons. The summed E-state index contributed by atoms with van der Waals surface area (Å²) in [4.78, 5) is 19.9. The van der Waals surface area contributed by atoms with Crippen LogP contribution in [0.3, 0.4) is 0 Å². The normalized spacial score (nSPS) is 10.0. The van der Waals surface area contributed by atoms with Crippen LogP contribution in [0.4, 0.5) is 26.5 Å². The molecule has 0 bridgehead atoms. The highest BCUT2D eigenvalue weighted by atomic mass is 35.5. The summed E-state index contributed by atoms with van der Waals surface area (Å²) in [6.07, 6.45) is 3.05. The number of hydrogen-bond donors (Lipinski definition) is 3. The van der Waals surface area contributed by atoms with Gasteiger partial charge in [-0.3, -0.25) is 5.32 Å². The Kier molecular flexibility index (Phi) is 6.08. The Morgan fingerprint density at radius 2 is 2.00 bits per heavy atom. The second-order valence-corrected chi connectivity index (χ2v) is 5.07. The van der Waals surface area contributed by atoms with Crippen LogP contribution in [0.2, 0.25) is 0 Å². The summed E-state index contributed by atoms with van der Waals surface area (Å²) >= 11 is 0. The van der Waals surface area contributed by atoms with Crippen LogP contribution in [0.25, 0.3) is 10.8 Å². The van der Waals surface area contributed by atoms with Gasteiger partial charge in [0.2, 0.25) is 0 Å². The summed E-state index contributed by atoms with van der Waals surface area (Å²) in [6, 6.07) is 9.70. The van der Waals surface area contributed by atoms with Gasteiger partial charge >= 0.3 is 6.03 Å². The molecule has 0 fully saturated rings. The molecule has 130 valence electrons. The molecule has 0 aliphatic rings. The summed E-state index contributed by atoms with van der Waals surface area (Å²) in [5.41, 5.74) is 0.752. The lowest BCUT2D eigenvalue weighted by Gasteiger charge is -2.10. The SMILES string of the molecule is CCNC(=O)Nc1cc2cccc(Nc3cc(F)ccn3)c2cn1.Cl. The van der Waals surface area contributed by atoms with Crippen LogP contribution < -0.4 is 16.0 Å². The van der Waals surface area contributed by atoms with Crippen molar-refractivity contribution >= 4 is 46.5 Å². The molecule has 0 unspecified atom stereocenters. The number of halogens is 2. The Morgan fingerprint density at radius 1 is 1.16 bits per heavy atom. The van der Waals surface area contributed by atoms with Crippen LogP contribution in [0, 0.1) is 5.82 Å². The number of rotatable bonds is 4. The number of hydrogen-bond acceptors (Lipinski definition) is 4. The molecule has 3 aromatic rings. The lowest BCUT2D eigenvalue weighted by Crippen LogP contribution is -2.28. The molecule has 3 rings (SSSR count). The molecule has 8 heteroatoms. The number of amides is 2. The topological polar surface area (TPSA) is 78.9 Å². The monoisotopic (exact) mass is 361 g/mol. The molecular weight excluding hydrogens is 345 g/mol. The zero-order chi connectivity index (χ0) is 16.9. The largest absolute Gasteiger partial charge is 0.340 e. The number of pyridine rings is 2. The van der Waals surface area contributed by atoms with E-state index in [2.05, 4.69) is 25.9 Å². The molecule has 0 saturated carbocycles. The molecule has 6 nitrogen and oxygen atoms in total. The Balaban J connectivity index is 0.00000225. The van der Waals surface area contributed by atoms with Crippen molar-refractivity contribution in [3.63, 3.8) is 0 Å². The van der Waals surface area contributed by atoms with Crippen molar-refractivity contribution in [3.8, 4) is 0 Å².